The van der Waals surface area contributed by atoms with Crippen molar-refractivity contribution in [3.63, 3.8) is 0 Å². The van der Waals surface area contributed by atoms with Crippen LogP contribution in [0.3, 0.4) is 0 Å². The van der Waals surface area contributed by atoms with Gasteiger partial charge in [0.2, 0.25) is 0 Å². The Labute approximate surface area is 81.0 Å². The molecule has 1 aliphatic heterocycles. The highest BCUT2D eigenvalue weighted by Gasteiger charge is 2.29. The van der Waals surface area contributed by atoms with E-state index in [1.165, 1.54) is 0 Å². The lowest BCUT2D eigenvalue weighted by Gasteiger charge is -2.09. The first kappa shape index (κ1) is 10.1. The van der Waals surface area contributed by atoms with Gasteiger partial charge < -0.3 is 4.74 Å². The summed E-state index contributed by atoms with van der Waals surface area (Å²) >= 11 is 5.18. The van der Waals surface area contributed by atoms with Crippen molar-refractivity contribution in [1.29, 1.82) is 0 Å². The minimum Gasteiger partial charge on any atom is -0.478 e. The topological polar surface area (TPSA) is 21.6 Å². The first-order valence-electron chi connectivity index (χ1n) is 3.97. The maximum absolute atomic E-state index is 5.48. The molecule has 0 N–H and O–H groups in total. The van der Waals surface area contributed by atoms with Crippen molar-refractivity contribution in [3.05, 3.63) is 0 Å². The SMILES string of the molecule is CC(C1=NC(C)(C)CO1)[S@@](C)=S. The van der Waals surface area contributed by atoms with Crippen molar-refractivity contribution in [2.75, 3.05) is 12.9 Å². The first-order chi connectivity index (χ1) is 5.42. The van der Waals surface area contributed by atoms with Crippen molar-refractivity contribution in [2.24, 2.45) is 4.99 Å². The summed E-state index contributed by atoms with van der Waals surface area (Å²) in [6.45, 7) is 6.92. The van der Waals surface area contributed by atoms with E-state index in [0.717, 1.165) is 5.90 Å². The Balaban J connectivity index is 2.73. The number of hydrogen-bond acceptors (Lipinski definition) is 3. The van der Waals surface area contributed by atoms with E-state index in [0.29, 0.717) is 11.9 Å². The monoisotopic (exact) mass is 205 g/mol. The third-order valence-electron chi connectivity index (χ3n) is 1.83. The second-order valence-corrected chi connectivity index (χ2v) is 6.97. The lowest BCUT2D eigenvalue weighted by Crippen LogP contribution is -2.21. The van der Waals surface area contributed by atoms with Crippen molar-refractivity contribution in [2.45, 2.75) is 31.6 Å². The molecule has 0 amide bonds. The molecule has 2 atom stereocenters. The van der Waals surface area contributed by atoms with E-state index in [2.05, 4.69) is 25.8 Å². The number of rotatable bonds is 2. The van der Waals surface area contributed by atoms with Gasteiger partial charge in [0.1, 0.15) is 6.61 Å². The molecule has 1 unspecified atom stereocenters. The molecule has 12 heavy (non-hydrogen) atoms. The van der Waals surface area contributed by atoms with Crippen molar-refractivity contribution < 1.29 is 4.74 Å². The summed E-state index contributed by atoms with van der Waals surface area (Å²) in [6.07, 6.45) is 2.04. The predicted octanol–water partition coefficient (Wildman–Crippen LogP) is 1.29. The third kappa shape index (κ3) is 2.26. The van der Waals surface area contributed by atoms with E-state index < -0.39 is 0 Å². The molecule has 2 nitrogen and oxygen atoms in total. The Hall–Kier alpha value is 0.0400. The highest BCUT2D eigenvalue weighted by molar-refractivity contribution is 8.29. The largest absolute Gasteiger partial charge is 0.478 e. The maximum atomic E-state index is 5.48. The summed E-state index contributed by atoms with van der Waals surface area (Å²) in [6, 6.07) is 0. The van der Waals surface area contributed by atoms with E-state index >= 15 is 0 Å². The fraction of sp³-hybridized carbons (Fsp3) is 0.875. The van der Waals surface area contributed by atoms with Gasteiger partial charge >= 0.3 is 0 Å². The van der Waals surface area contributed by atoms with E-state index in [-0.39, 0.29) is 15.0 Å². The van der Waals surface area contributed by atoms with Gasteiger partial charge in [-0.05, 0) is 27.0 Å². The molecule has 0 aromatic carbocycles. The summed E-state index contributed by atoms with van der Waals surface area (Å²) in [4.78, 5) is 4.48. The molecule has 0 saturated heterocycles. The van der Waals surface area contributed by atoms with Crippen LogP contribution in [-0.4, -0.2) is 29.5 Å². The maximum Gasteiger partial charge on any atom is 0.197 e. The van der Waals surface area contributed by atoms with E-state index in [1.807, 2.05) is 6.26 Å². The van der Waals surface area contributed by atoms with Crippen LogP contribution in [0.1, 0.15) is 20.8 Å². The standard InChI is InChI=1S/C8H15NOS2/c1-6(12(4)11)7-9-8(2,3)5-10-7/h6H,5H2,1-4H3/t6?,12-/m1/s1. The summed E-state index contributed by atoms with van der Waals surface area (Å²) in [5, 5.41) is 0.293. The Morgan fingerprint density at radius 2 is 2.25 bits per heavy atom. The molecule has 70 valence electrons. The molecule has 1 aliphatic rings. The van der Waals surface area contributed by atoms with Gasteiger partial charge in [0.05, 0.1) is 10.8 Å². The molecule has 0 bridgehead atoms. The van der Waals surface area contributed by atoms with Crippen molar-refractivity contribution >= 4 is 26.5 Å². The van der Waals surface area contributed by atoms with Gasteiger partial charge in [0.25, 0.3) is 0 Å². The molecule has 0 aromatic heterocycles. The molecule has 0 aliphatic carbocycles. The van der Waals surface area contributed by atoms with Crippen LogP contribution >= 0.6 is 0 Å². The molecule has 1 heterocycles. The molecule has 0 saturated carbocycles. The van der Waals surface area contributed by atoms with Crippen LogP contribution in [0.25, 0.3) is 0 Å². The highest BCUT2D eigenvalue weighted by Crippen LogP contribution is 2.19. The summed E-state index contributed by atoms with van der Waals surface area (Å²) in [7, 11) is -0.0558. The van der Waals surface area contributed by atoms with E-state index in [4.69, 9.17) is 15.9 Å². The van der Waals surface area contributed by atoms with Gasteiger partial charge in [-0.25, -0.2) is 4.99 Å². The van der Waals surface area contributed by atoms with Crippen LogP contribution in [-0.2, 0) is 25.4 Å². The molecular weight excluding hydrogens is 190 g/mol. The average Bonchev–Trinajstić information content (AvgIpc) is 2.28. The van der Waals surface area contributed by atoms with Crippen LogP contribution in [0.5, 0.6) is 0 Å². The van der Waals surface area contributed by atoms with Crippen LogP contribution in [0.15, 0.2) is 4.99 Å². The van der Waals surface area contributed by atoms with E-state index in [9.17, 15) is 0 Å². The molecular formula is C8H15NOS2. The molecule has 0 aromatic rings. The van der Waals surface area contributed by atoms with E-state index in [1.54, 1.807) is 0 Å². The smallest absolute Gasteiger partial charge is 0.197 e. The highest BCUT2D eigenvalue weighted by atomic mass is 32.8. The lowest BCUT2D eigenvalue weighted by molar-refractivity contribution is 0.275. The van der Waals surface area contributed by atoms with Gasteiger partial charge in [-0.1, -0.05) is 11.2 Å². The summed E-state index contributed by atoms with van der Waals surface area (Å²) in [5.41, 5.74) is -0.0434. The zero-order valence-electron chi connectivity index (χ0n) is 7.96. The number of nitrogens with zero attached hydrogens (tertiary/aromatic N) is 1. The van der Waals surface area contributed by atoms with Crippen molar-refractivity contribution in [1.82, 2.24) is 0 Å². The summed E-state index contributed by atoms with van der Waals surface area (Å²) in [5.74, 6) is 0.848. The average molecular weight is 205 g/mol. The van der Waals surface area contributed by atoms with Gasteiger partial charge in [-0.3, -0.25) is 0 Å². The Bertz CT molecular complexity index is 235. The number of ether oxygens (including phenoxy) is 1. The van der Waals surface area contributed by atoms with Gasteiger partial charge in [0, 0.05) is 0 Å². The first-order valence-corrected chi connectivity index (χ1v) is 6.59. The fourth-order valence-corrected chi connectivity index (χ4v) is 1.62. The Morgan fingerprint density at radius 1 is 1.67 bits per heavy atom. The zero-order valence-corrected chi connectivity index (χ0v) is 9.59. The quantitative estimate of drug-likeness (QED) is 0.677. The second-order valence-electron chi connectivity index (χ2n) is 3.69. The number of hydrogen-bond donors (Lipinski definition) is 0. The minimum absolute atomic E-state index is 0.0434. The molecule has 1 rings (SSSR count). The zero-order chi connectivity index (χ0) is 9.35. The second kappa shape index (κ2) is 3.42. The molecule has 0 fully saturated rings. The molecule has 0 spiro atoms. The normalized spacial score (nSPS) is 25.8. The van der Waals surface area contributed by atoms with Crippen LogP contribution in [0.4, 0.5) is 0 Å². The van der Waals surface area contributed by atoms with Crippen molar-refractivity contribution in [3.8, 4) is 0 Å². The minimum atomic E-state index is -0.0558. The Morgan fingerprint density at radius 3 is 2.58 bits per heavy atom. The fourth-order valence-electron chi connectivity index (χ4n) is 0.964. The molecule has 4 heteroatoms. The Kier molecular flexibility index (Phi) is 2.88. The summed E-state index contributed by atoms with van der Waals surface area (Å²) < 4.78 is 5.48. The predicted molar refractivity (Wildman–Crippen MR) is 57.6 cm³/mol. The van der Waals surface area contributed by atoms with Crippen LogP contribution in [0.2, 0.25) is 0 Å². The number of aliphatic imine (C=N–C) groups is 1. The van der Waals surface area contributed by atoms with Gasteiger partial charge in [-0.2, -0.15) is 0 Å². The third-order valence-corrected chi connectivity index (χ3v) is 3.90. The van der Waals surface area contributed by atoms with Gasteiger partial charge in [0.15, 0.2) is 5.90 Å². The molecule has 0 radical (unpaired) electrons. The lowest BCUT2D eigenvalue weighted by atomic mass is 10.1. The van der Waals surface area contributed by atoms with Gasteiger partial charge in [-0.15, -0.1) is 9.45 Å². The van der Waals surface area contributed by atoms with Crippen LogP contribution < -0.4 is 0 Å². The van der Waals surface area contributed by atoms with Crippen LogP contribution in [0, 0.1) is 0 Å².